The van der Waals surface area contributed by atoms with Crippen molar-refractivity contribution in [2.24, 2.45) is 0 Å². The van der Waals surface area contributed by atoms with E-state index in [2.05, 4.69) is 239 Å². The van der Waals surface area contributed by atoms with Crippen LogP contribution < -0.4 is 0 Å². The number of halogens is 15. The highest BCUT2D eigenvalue weighted by atomic mass is 80.0. The lowest BCUT2D eigenvalue weighted by molar-refractivity contribution is 0.698. The fourth-order valence-corrected chi connectivity index (χ4v) is 17.1. The minimum atomic E-state index is -0.868. The SMILES string of the molecule is BrC(Br)(Br)[C](C(Br)(Br)Br)C(Br)(Br)C(Br)(Br)C(Br)(Br)C(Br)(Br)Br. The highest BCUT2D eigenvalue weighted by molar-refractivity contribution is 9.42. The second kappa shape index (κ2) is 9.77. The van der Waals surface area contributed by atoms with Gasteiger partial charge in [-0.3, -0.25) is 0 Å². The van der Waals surface area contributed by atoms with Gasteiger partial charge in [-0.05, 0) is 0 Å². The molecule has 22 heavy (non-hydrogen) atoms. The number of hydrogen-bond donors (Lipinski definition) is 0. The van der Waals surface area contributed by atoms with Gasteiger partial charge in [0.25, 0.3) is 0 Å². The van der Waals surface area contributed by atoms with E-state index in [1.54, 1.807) is 0 Å². The Morgan fingerprint density at radius 1 is 0.409 bits per heavy atom. The third kappa shape index (κ3) is 6.85. The van der Waals surface area contributed by atoms with Gasteiger partial charge in [0.15, 0.2) is 2.14 Å². The van der Waals surface area contributed by atoms with Crippen molar-refractivity contribution in [3.05, 3.63) is 5.92 Å². The fraction of sp³-hybridized carbons (Fsp3) is 0.857. The van der Waals surface area contributed by atoms with E-state index in [-0.39, 0.29) is 0 Å². The summed E-state index contributed by atoms with van der Waals surface area (Å²) < 4.78 is -4.72. The molecule has 0 spiro atoms. The Morgan fingerprint density at radius 2 is 0.682 bits per heavy atom. The van der Waals surface area contributed by atoms with Crippen LogP contribution in [0.15, 0.2) is 0 Å². The van der Waals surface area contributed by atoms with Gasteiger partial charge in [0.1, 0.15) is 14.0 Å². The molecule has 15 heteroatoms. The molecule has 0 saturated carbocycles. The summed E-state index contributed by atoms with van der Waals surface area (Å²) in [7, 11) is 0. The minimum absolute atomic E-state index is 0.716. The topological polar surface area (TPSA) is 0 Å². The average molecular weight is 1280 g/mol. The largest absolute Gasteiger partial charge is 0.162 e. The molecule has 0 aromatic rings. The lowest BCUT2D eigenvalue weighted by Crippen LogP contribution is -2.59. The Hall–Kier alpha value is 7.20. The number of alkyl halides is 15. The van der Waals surface area contributed by atoms with E-state index in [0.29, 0.717) is 0 Å². The summed E-state index contributed by atoms with van der Waals surface area (Å²) >= 11 is 54.3. The van der Waals surface area contributed by atoms with E-state index in [9.17, 15) is 0 Å². The van der Waals surface area contributed by atoms with Crippen molar-refractivity contribution in [2.75, 3.05) is 0 Å². The van der Waals surface area contributed by atoms with Crippen LogP contribution >= 0.6 is 239 Å². The van der Waals surface area contributed by atoms with E-state index in [1.165, 1.54) is 0 Å². The van der Waals surface area contributed by atoms with Crippen LogP contribution in [-0.4, -0.2) is 16.1 Å². The van der Waals surface area contributed by atoms with Crippen molar-refractivity contribution in [2.45, 2.75) is 16.1 Å². The van der Waals surface area contributed by atoms with E-state index in [1.807, 2.05) is 0 Å². The molecule has 0 unspecified atom stereocenters. The summed E-state index contributed by atoms with van der Waals surface area (Å²) in [6.07, 6.45) is 0. The zero-order valence-corrected chi connectivity index (χ0v) is 33.0. The summed E-state index contributed by atoms with van der Waals surface area (Å²) in [6.45, 7) is 0. The smallest absolute Gasteiger partial charge is 0.0692 e. The zero-order chi connectivity index (χ0) is 18.6. The molecule has 1 radical (unpaired) electrons. The summed E-state index contributed by atoms with van der Waals surface area (Å²) in [6, 6.07) is 0. The molecule has 0 nitrogen and oxygen atoms in total. The third-order valence-corrected chi connectivity index (χ3v) is 20.4. The Morgan fingerprint density at radius 3 is 0.864 bits per heavy atom. The van der Waals surface area contributed by atoms with Crippen LogP contribution in [0.1, 0.15) is 0 Å². The van der Waals surface area contributed by atoms with E-state index < -0.39 is 16.1 Å². The van der Waals surface area contributed by atoms with Gasteiger partial charge in [0.05, 0.1) is 5.92 Å². The maximum Gasteiger partial charge on any atom is 0.162 e. The maximum atomic E-state index is 3.75. The monoisotopic (exact) mass is 1270 g/mol. The van der Waals surface area contributed by atoms with Crippen molar-refractivity contribution < 1.29 is 0 Å². The first-order valence-electron chi connectivity index (χ1n) is 4.33. The van der Waals surface area contributed by atoms with Crippen LogP contribution in [0, 0.1) is 5.92 Å². The predicted molar refractivity (Wildman–Crippen MR) is 154 cm³/mol. The fourth-order valence-electron chi connectivity index (χ4n) is 1.05. The van der Waals surface area contributed by atoms with Gasteiger partial charge in [-0.15, -0.1) is 0 Å². The highest BCUT2D eigenvalue weighted by Crippen LogP contribution is 2.75. The van der Waals surface area contributed by atoms with Crippen molar-refractivity contribution in [1.82, 2.24) is 0 Å². The van der Waals surface area contributed by atoms with Gasteiger partial charge in [-0.1, -0.05) is 239 Å². The van der Waals surface area contributed by atoms with Crippen LogP contribution in [0.25, 0.3) is 0 Å². The van der Waals surface area contributed by atoms with Crippen LogP contribution in [0.4, 0.5) is 0 Å². The van der Waals surface area contributed by atoms with E-state index in [0.717, 1.165) is 5.92 Å². The molecule has 133 valence electrons. The van der Waals surface area contributed by atoms with E-state index in [4.69, 9.17) is 0 Å². The Kier molecular flexibility index (Phi) is 13.0. The lowest BCUT2D eigenvalue weighted by Gasteiger charge is -2.52. The van der Waals surface area contributed by atoms with Crippen molar-refractivity contribution in [3.63, 3.8) is 0 Å². The summed E-state index contributed by atoms with van der Waals surface area (Å²) in [5, 5.41) is 0. The molecule has 0 atom stereocenters. The molecular weight excluding hydrogens is 1280 g/mol. The third-order valence-electron chi connectivity index (χ3n) is 2.03. The zero-order valence-electron chi connectivity index (χ0n) is 9.17. The van der Waals surface area contributed by atoms with Crippen LogP contribution in [-0.2, 0) is 0 Å². The van der Waals surface area contributed by atoms with Crippen molar-refractivity contribution in [3.8, 4) is 0 Å². The van der Waals surface area contributed by atoms with Crippen LogP contribution in [0.5, 0.6) is 0 Å². The molecule has 0 bridgehead atoms. The standard InChI is InChI=1S/C7Br15/c8-2(9,1(3(10,11)12)4(13,14)15)5(16,17)6(18,19)7(20,21)22. The van der Waals surface area contributed by atoms with Gasteiger partial charge in [0, 0.05) is 0 Å². The number of hydrogen-bond acceptors (Lipinski definition) is 0. The lowest BCUT2D eigenvalue weighted by atomic mass is 10.1. The Labute approximate surface area is 255 Å². The first kappa shape index (κ1) is 29.2. The van der Waals surface area contributed by atoms with Gasteiger partial charge >= 0.3 is 0 Å². The van der Waals surface area contributed by atoms with Gasteiger partial charge in [0.2, 0.25) is 0 Å². The molecule has 0 saturated heterocycles. The highest BCUT2D eigenvalue weighted by Gasteiger charge is 2.71. The first-order chi connectivity index (χ1) is 9.12. The molecule has 0 N–H and O–H groups in total. The first-order valence-corrected chi connectivity index (χ1v) is 16.2. The van der Waals surface area contributed by atoms with Crippen molar-refractivity contribution >= 4 is 239 Å². The summed E-state index contributed by atoms with van der Waals surface area (Å²) in [5.41, 5.74) is 0. The average Bonchev–Trinajstić information content (AvgIpc) is 2.08. The molecule has 0 aromatic carbocycles. The molecule has 0 rings (SSSR count). The van der Waals surface area contributed by atoms with Gasteiger partial charge in [-0.25, -0.2) is 0 Å². The van der Waals surface area contributed by atoms with Gasteiger partial charge < -0.3 is 0 Å². The molecular formula is C7Br15. The van der Waals surface area contributed by atoms with E-state index >= 15 is 0 Å². The second-order valence-electron chi connectivity index (χ2n) is 3.59. The summed E-state index contributed by atoms with van der Waals surface area (Å²) in [5.74, 6) is 0.793. The van der Waals surface area contributed by atoms with Crippen LogP contribution in [0.3, 0.4) is 0 Å². The molecule has 0 aromatic heterocycles. The molecule has 0 fully saturated rings. The Balaban J connectivity index is 6.30. The summed E-state index contributed by atoms with van der Waals surface area (Å²) in [4.78, 5) is 0. The van der Waals surface area contributed by atoms with Crippen molar-refractivity contribution in [1.29, 1.82) is 0 Å². The Bertz CT molecular complexity index is 378. The van der Waals surface area contributed by atoms with Gasteiger partial charge in [-0.2, -0.15) is 0 Å². The predicted octanol–water partition coefficient (Wildman–Crippen LogP) is 11.5. The van der Waals surface area contributed by atoms with Crippen LogP contribution in [0.2, 0.25) is 0 Å². The quantitative estimate of drug-likeness (QED) is 0.247. The second-order valence-corrected chi connectivity index (χ2v) is 34.2. The molecule has 0 aliphatic carbocycles. The minimum Gasteiger partial charge on any atom is -0.0692 e. The number of rotatable bonds is 3. The molecule has 0 aliphatic heterocycles. The molecule has 0 amide bonds. The maximum absolute atomic E-state index is 3.75. The molecule has 0 heterocycles. The molecule has 0 aliphatic rings. The normalized spacial score (nSPS) is 16.4.